The van der Waals surface area contributed by atoms with E-state index in [9.17, 15) is 8.42 Å². The van der Waals surface area contributed by atoms with Crippen LogP contribution in [0.15, 0.2) is 18.2 Å². The molecule has 0 radical (unpaired) electrons. The van der Waals surface area contributed by atoms with E-state index in [0.717, 1.165) is 0 Å². The third-order valence-corrected chi connectivity index (χ3v) is 3.32. The molecular weight excluding hydrogens is 294 g/mol. The van der Waals surface area contributed by atoms with Gasteiger partial charge in [0.1, 0.15) is 11.9 Å². The smallest absolute Gasteiger partial charge is 0.333 e. The Morgan fingerprint density at radius 3 is 2.79 bits per heavy atom. The van der Waals surface area contributed by atoms with Crippen LogP contribution < -0.4 is 9.46 Å². The van der Waals surface area contributed by atoms with E-state index in [1.807, 2.05) is 4.72 Å². The first-order chi connectivity index (χ1) is 8.66. The van der Waals surface area contributed by atoms with Crippen molar-refractivity contribution in [1.82, 2.24) is 4.72 Å². The molecule has 1 aliphatic heterocycles. The van der Waals surface area contributed by atoms with E-state index in [0.29, 0.717) is 16.3 Å². The number of rotatable bonds is 3. The second kappa shape index (κ2) is 4.92. The fraction of sp³-hybridized carbons (Fsp3) is 0.455. The lowest BCUT2D eigenvalue weighted by Gasteiger charge is -2.37. The molecule has 0 fully saturated rings. The monoisotopic (exact) mass is 307 g/mol. The van der Waals surface area contributed by atoms with Gasteiger partial charge in [-0.05, 0) is 18.2 Å². The quantitative estimate of drug-likeness (QED) is 0.833. The largest absolute Gasteiger partial charge is 0.463 e. The predicted octanol–water partition coefficient (Wildman–Crippen LogP) is 1.92. The molecule has 1 atom stereocenters. The van der Waals surface area contributed by atoms with Crippen LogP contribution in [-0.4, -0.2) is 25.3 Å². The van der Waals surface area contributed by atoms with Crippen LogP contribution in [-0.2, 0) is 15.0 Å². The molecule has 0 amide bonds. The van der Waals surface area contributed by atoms with E-state index < -0.39 is 22.2 Å². The minimum Gasteiger partial charge on any atom is -0.463 e. The Kier molecular flexibility index (Phi) is 3.76. The van der Waals surface area contributed by atoms with Crippen LogP contribution in [0.3, 0.4) is 0 Å². The summed E-state index contributed by atoms with van der Waals surface area (Å²) in [5, 5.41) is 0.488. The van der Waals surface area contributed by atoms with Crippen molar-refractivity contribution < 1.29 is 22.4 Å². The summed E-state index contributed by atoms with van der Waals surface area (Å²) in [7, 11) is -4.28. The normalized spacial score (nSPS) is 21.6. The predicted molar refractivity (Wildman–Crippen MR) is 69.5 cm³/mol. The zero-order valence-corrected chi connectivity index (χ0v) is 12.0. The molecule has 8 heteroatoms. The maximum atomic E-state index is 10.7. The van der Waals surface area contributed by atoms with Gasteiger partial charge < -0.3 is 9.47 Å². The highest BCUT2D eigenvalue weighted by Gasteiger charge is 2.34. The lowest BCUT2D eigenvalue weighted by Crippen LogP contribution is -2.41. The van der Waals surface area contributed by atoms with Gasteiger partial charge in [-0.15, -0.1) is 0 Å². The van der Waals surface area contributed by atoms with Crippen molar-refractivity contribution in [2.75, 3.05) is 6.54 Å². The lowest BCUT2D eigenvalue weighted by molar-refractivity contribution is -0.204. The molecule has 0 aliphatic carbocycles. The molecule has 0 unspecified atom stereocenters. The van der Waals surface area contributed by atoms with E-state index in [2.05, 4.69) is 0 Å². The molecule has 0 saturated carbocycles. The van der Waals surface area contributed by atoms with E-state index in [-0.39, 0.29) is 6.54 Å². The third-order valence-electron chi connectivity index (χ3n) is 2.55. The fourth-order valence-corrected chi connectivity index (χ4v) is 2.43. The first-order valence-corrected chi connectivity index (χ1v) is 7.36. The van der Waals surface area contributed by atoms with Crippen LogP contribution in [0.4, 0.5) is 0 Å². The van der Waals surface area contributed by atoms with Crippen molar-refractivity contribution in [1.29, 1.82) is 0 Å². The standard InChI is InChI=1S/C11H14ClNO5S/c1-11(2)17-9-4-3-7(12)5-8(9)10(18-11)6-13-19(14,15)16/h3-5,10,13H,6H2,1-2H3,(H,14,15,16)/t10-/m1/s1. The van der Waals surface area contributed by atoms with E-state index in [4.69, 9.17) is 25.6 Å². The fourth-order valence-electron chi connectivity index (χ4n) is 1.89. The van der Waals surface area contributed by atoms with Gasteiger partial charge in [0, 0.05) is 31.0 Å². The molecule has 19 heavy (non-hydrogen) atoms. The van der Waals surface area contributed by atoms with Gasteiger partial charge in [-0.3, -0.25) is 4.55 Å². The van der Waals surface area contributed by atoms with Crippen molar-refractivity contribution in [3.05, 3.63) is 28.8 Å². The van der Waals surface area contributed by atoms with Crippen LogP contribution >= 0.6 is 11.6 Å². The second-order valence-electron chi connectivity index (χ2n) is 4.61. The van der Waals surface area contributed by atoms with Crippen LogP contribution in [0, 0.1) is 0 Å². The summed E-state index contributed by atoms with van der Waals surface area (Å²) in [5.74, 6) is -0.324. The highest BCUT2D eigenvalue weighted by molar-refractivity contribution is 7.83. The lowest BCUT2D eigenvalue weighted by atomic mass is 10.1. The molecule has 6 nitrogen and oxygen atoms in total. The van der Waals surface area contributed by atoms with Gasteiger partial charge in [0.25, 0.3) is 0 Å². The van der Waals surface area contributed by atoms with Crippen molar-refractivity contribution in [2.45, 2.75) is 25.7 Å². The Balaban J connectivity index is 2.30. The van der Waals surface area contributed by atoms with Crippen LogP contribution in [0.2, 0.25) is 5.02 Å². The number of hydrogen-bond acceptors (Lipinski definition) is 4. The summed E-state index contributed by atoms with van der Waals surface area (Å²) in [6, 6.07) is 5.01. The number of fused-ring (bicyclic) bond motifs is 1. The summed E-state index contributed by atoms with van der Waals surface area (Å²) in [4.78, 5) is 0. The molecule has 0 bridgehead atoms. The van der Waals surface area contributed by atoms with Gasteiger partial charge in [-0.2, -0.15) is 13.1 Å². The molecule has 1 aromatic rings. The van der Waals surface area contributed by atoms with E-state index in [1.165, 1.54) is 0 Å². The molecule has 2 rings (SSSR count). The average molecular weight is 308 g/mol. The van der Waals surface area contributed by atoms with E-state index in [1.54, 1.807) is 32.0 Å². The SMILES string of the molecule is CC1(C)Oc2ccc(Cl)cc2[C@@H](CNS(=O)(=O)O)O1. The first-order valence-electron chi connectivity index (χ1n) is 5.55. The molecule has 0 aromatic heterocycles. The number of hydrogen-bond donors (Lipinski definition) is 2. The molecule has 1 aromatic carbocycles. The van der Waals surface area contributed by atoms with Crippen molar-refractivity contribution >= 4 is 21.9 Å². The van der Waals surface area contributed by atoms with Gasteiger partial charge >= 0.3 is 10.3 Å². The molecule has 2 N–H and O–H groups in total. The van der Waals surface area contributed by atoms with Gasteiger partial charge in [0.15, 0.2) is 0 Å². The van der Waals surface area contributed by atoms with Crippen molar-refractivity contribution in [3.8, 4) is 5.75 Å². The van der Waals surface area contributed by atoms with Gasteiger partial charge in [-0.1, -0.05) is 11.6 Å². The van der Waals surface area contributed by atoms with Gasteiger partial charge in [0.2, 0.25) is 5.79 Å². The maximum Gasteiger partial charge on any atom is 0.333 e. The zero-order valence-electron chi connectivity index (χ0n) is 10.4. The summed E-state index contributed by atoms with van der Waals surface area (Å²) in [5.41, 5.74) is 0.628. The Morgan fingerprint density at radius 2 is 2.16 bits per heavy atom. The van der Waals surface area contributed by atoms with Gasteiger partial charge in [-0.25, -0.2) is 0 Å². The minimum atomic E-state index is -4.28. The topological polar surface area (TPSA) is 84.9 Å². The van der Waals surface area contributed by atoms with Crippen molar-refractivity contribution in [2.24, 2.45) is 0 Å². The Bertz CT molecular complexity index is 587. The average Bonchev–Trinajstić information content (AvgIpc) is 2.25. The van der Waals surface area contributed by atoms with Crippen LogP contribution in [0.1, 0.15) is 25.5 Å². The summed E-state index contributed by atoms with van der Waals surface area (Å²) >= 11 is 5.90. The molecule has 106 valence electrons. The highest BCUT2D eigenvalue weighted by Crippen LogP contribution is 2.39. The number of nitrogens with one attached hydrogen (secondary N) is 1. The molecule has 0 saturated heterocycles. The summed E-state index contributed by atoms with van der Waals surface area (Å²) in [6.07, 6.45) is -0.598. The van der Waals surface area contributed by atoms with E-state index >= 15 is 0 Å². The Morgan fingerprint density at radius 1 is 1.47 bits per heavy atom. The summed E-state index contributed by atoms with van der Waals surface area (Å²) in [6.45, 7) is 3.31. The molecular formula is C11H14ClNO5S. The van der Waals surface area contributed by atoms with Crippen LogP contribution in [0.25, 0.3) is 0 Å². The Hall–Kier alpha value is -0.860. The van der Waals surface area contributed by atoms with Crippen molar-refractivity contribution in [3.63, 3.8) is 0 Å². The maximum absolute atomic E-state index is 10.7. The molecule has 1 heterocycles. The third kappa shape index (κ3) is 3.80. The summed E-state index contributed by atoms with van der Waals surface area (Å²) < 4.78 is 43.5. The number of ether oxygens (including phenoxy) is 2. The van der Waals surface area contributed by atoms with Gasteiger partial charge in [0.05, 0.1) is 0 Å². The molecule has 0 spiro atoms. The molecule has 1 aliphatic rings. The zero-order chi connectivity index (χ0) is 14.3. The number of benzene rings is 1. The second-order valence-corrected chi connectivity index (χ2v) is 6.29. The minimum absolute atomic E-state index is 0.112. The van der Waals surface area contributed by atoms with Crippen LogP contribution in [0.5, 0.6) is 5.75 Å². The first kappa shape index (κ1) is 14.5. The highest BCUT2D eigenvalue weighted by atomic mass is 35.5. The number of halogens is 1. The Labute approximate surface area is 116 Å².